The van der Waals surface area contributed by atoms with E-state index in [-0.39, 0.29) is 12.5 Å². The molecule has 0 atom stereocenters. The van der Waals surface area contributed by atoms with Gasteiger partial charge in [0, 0.05) is 30.5 Å². The summed E-state index contributed by atoms with van der Waals surface area (Å²) < 4.78 is 10.4. The molecule has 0 radical (unpaired) electrons. The first-order chi connectivity index (χ1) is 9.67. The van der Waals surface area contributed by atoms with Gasteiger partial charge in [-0.1, -0.05) is 0 Å². The third-order valence-corrected chi connectivity index (χ3v) is 2.49. The van der Waals surface area contributed by atoms with Gasteiger partial charge in [0.1, 0.15) is 5.75 Å². The van der Waals surface area contributed by atoms with Gasteiger partial charge in [-0.15, -0.1) is 0 Å². The Labute approximate surface area is 118 Å². The third-order valence-electron chi connectivity index (χ3n) is 2.49. The van der Waals surface area contributed by atoms with Crippen LogP contribution in [-0.2, 0) is 4.74 Å². The molecule has 0 unspecified atom stereocenters. The van der Waals surface area contributed by atoms with Crippen LogP contribution < -0.4 is 15.8 Å². The van der Waals surface area contributed by atoms with Gasteiger partial charge < -0.3 is 25.6 Å². The molecule has 0 aliphatic heterocycles. The number of nitrogens with two attached hydrogens (primary N) is 1. The van der Waals surface area contributed by atoms with Crippen molar-refractivity contribution in [2.24, 2.45) is 0 Å². The Morgan fingerprint density at radius 1 is 1.35 bits per heavy atom. The lowest BCUT2D eigenvalue weighted by Crippen LogP contribution is -2.25. The smallest absolute Gasteiger partial charge is 0.251 e. The molecule has 0 aliphatic carbocycles. The lowest BCUT2D eigenvalue weighted by Gasteiger charge is -2.09. The zero-order chi connectivity index (χ0) is 14.8. The number of aliphatic hydroxyl groups is 1. The Bertz CT molecular complexity index is 424. The molecule has 1 aromatic carbocycles. The molecule has 0 saturated heterocycles. The molecule has 1 amide bonds. The van der Waals surface area contributed by atoms with Crippen LogP contribution in [0.1, 0.15) is 23.7 Å². The number of amides is 1. The summed E-state index contributed by atoms with van der Waals surface area (Å²) in [6.45, 7) is 3.73. The van der Waals surface area contributed by atoms with Crippen LogP contribution in [0.2, 0.25) is 0 Å². The molecule has 112 valence electrons. The summed E-state index contributed by atoms with van der Waals surface area (Å²) >= 11 is 0. The van der Waals surface area contributed by atoms with E-state index in [2.05, 4.69) is 5.32 Å². The first-order valence-corrected chi connectivity index (χ1v) is 6.67. The normalized spacial score (nSPS) is 10.3. The van der Waals surface area contributed by atoms with E-state index < -0.39 is 0 Å². The van der Waals surface area contributed by atoms with E-state index in [1.165, 1.54) is 0 Å². The van der Waals surface area contributed by atoms with Crippen LogP contribution in [0, 0.1) is 0 Å². The van der Waals surface area contributed by atoms with Crippen molar-refractivity contribution in [2.75, 3.05) is 38.7 Å². The van der Waals surface area contributed by atoms with Gasteiger partial charge in [-0.3, -0.25) is 4.79 Å². The fourth-order valence-corrected chi connectivity index (χ4v) is 1.65. The highest BCUT2D eigenvalue weighted by molar-refractivity contribution is 5.95. The molecule has 0 fully saturated rings. The Kier molecular flexibility index (Phi) is 7.46. The largest absolute Gasteiger partial charge is 0.494 e. The number of carbonyl (C=O) groups is 1. The average Bonchev–Trinajstić information content (AvgIpc) is 2.42. The Balaban J connectivity index is 2.42. The lowest BCUT2D eigenvalue weighted by molar-refractivity contribution is 0.0867. The van der Waals surface area contributed by atoms with Gasteiger partial charge >= 0.3 is 0 Å². The molecule has 0 heterocycles. The van der Waals surface area contributed by atoms with E-state index in [0.29, 0.717) is 49.8 Å². The quantitative estimate of drug-likeness (QED) is 0.460. The topological polar surface area (TPSA) is 93.8 Å². The minimum Gasteiger partial charge on any atom is -0.494 e. The number of rotatable bonds is 9. The fourth-order valence-electron chi connectivity index (χ4n) is 1.65. The maximum Gasteiger partial charge on any atom is 0.251 e. The SMILES string of the molecule is CCOc1cc(N)cc(C(=O)NCCCOCCO)c1. The van der Waals surface area contributed by atoms with E-state index in [9.17, 15) is 4.79 Å². The van der Waals surface area contributed by atoms with Crippen LogP contribution in [0.3, 0.4) is 0 Å². The van der Waals surface area contributed by atoms with Crippen molar-refractivity contribution >= 4 is 11.6 Å². The van der Waals surface area contributed by atoms with Crippen molar-refractivity contribution < 1.29 is 19.4 Å². The van der Waals surface area contributed by atoms with Gasteiger partial charge in [0.15, 0.2) is 0 Å². The van der Waals surface area contributed by atoms with Crippen LogP contribution in [-0.4, -0.2) is 44.0 Å². The summed E-state index contributed by atoms with van der Waals surface area (Å²) in [5.41, 5.74) is 6.70. The average molecular weight is 282 g/mol. The number of carbonyl (C=O) groups excluding carboxylic acids is 1. The molecule has 0 saturated carbocycles. The Morgan fingerprint density at radius 2 is 2.15 bits per heavy atom. The van der Waals surface area contributed by atoms with Crippen LogP contribution in [0.25, 0.3) is 0 Å². The van der Waals surface area contributed by atoms with E-state index in [4.69, 9.17) is 20.3 Å². The summed E-state index contributed by atoms with van der Waals surface area (Å²) in [5, 5.41) is 11.3. The second-order valence-corrected chi connectivity index (χ2v) is 4.17. The standard InChI is InChI=1S/C14H22N2O4/c1-2-20-13-9-11(8-12(15)10-13)14(18)16-4-3-6-19-7-5-17/h8-10,17H,2-7,15H2,1H3,(H,16,18). The van der Waals surface area contributed by atoms with Crippen molar-refractivity contribution in [3.05, 3.63) is 23.8 Å². The second kappa shape index (κ2) is 9.17. The zero-order valence-electron chi connectivity index (χ0n) is 11.7. The van der Waals surface area contributed by atoms with Gasteiger partial charge in [0.25, 0.3) is 5.91 Å². The molecular formula is C14H22N2O4. The second-order valence-electron chi connectivity index (χ2n) is 4.17. The number of anilines is 1. The molecule has 6 nitrogen and oxygen atoms in total. The van der Waals surface area contributed by atoms with Gasteiger partial charge in [-0.2, -0.15) is 0 Å². The predicted molar refractivity (Wildman–Crippen MR) is 76.9 cm³/mol. The first-order valence-electron chi connectivity index (χ1n) is 6.67. The molecule has 1 rings (SSSR count). The van der Waals surface area contributed by atoms with Crippen LogP contribution in [0.15, 0.2) is 18.2 Å². The summed E-state index contributed by atoms with van der Waals surface area (Å²) in [4.78, 5) is 11.9. The van der Waals surface area contributed by atoms with E-state index in [0.717, 1.165) is 0 Å². The number of aliphatic hydroxyl groups excluding tert-OH is 1. The predicted octanol–water partition coefficient (Wildman–Crippen LogP) is 0.796. The minimum absolute atomic E-state index is 0.00978. The number of ether oxygens (including phenoxy) is 2. The summed E-state index contributed by atoms with van der Waals surface area (Å²) in [5.74, 6) is 0.393. The molecule has 0 aromatic heterocycles. The maximum atomic E-state index is 11.9. The monoisotopic (exact) mass is 282 g/mol. The number of benzene rings is 1. The van der Waals surface area contributed by atoms with Gasteiger partial charge in [0.2, 0.25) is 0 Å². The van der Waals surface area contributed by atoms with Gasteiger partial charge in [-0.25, -0.2) is 0 Å². The highest BCUT2D eigenvalue weighted by Gasteiger charge is 2.08. The lowest BCUT2D eigenvalue weighted by atomic mass is 10.1. The van der Waals surface area contributed by atoms with E-state index in [1.54, 1.807) is 18.2 Å². The Hall–Kier alpha value is -1.79. The maximum absolute atomic E-state index is 11.9. The molecule has 20 heavy (non-hydrogen) atoms. The molecule has 4 N–H and O–H groups in total. The Morgan fingerprint density at radius 3 is 2.85 bits per heavy atom. The third kappa shape index (κ3) is 5.90. The summed E-state index contributed by atoms with van der Waals surface area (Å²) in [6.07, 6.45) is 0.687. The number of hydrogen-bond donors (Lipinski definition) is 3. The number of nitrogens with one attached hydrogen (secondary N) is 1. The minimum atomic E-state index is -0.194. The first kappa shape index (κ1) is 16.3. The van der Waals surface area contributed by atoms with Crippen molar-refractivity contribution in [2.45, 2.75) is 13.3 Å². The highest BCUT2D eigenvalue weighted by Crippen LogP contribution is 2.18. The van der Waals surface area contributed by atoms with Gasteiger partial charge in [-0.05, 0) is 25.5 Å². The fraction of sp³-hybridized carbons (Fsp3) is 0.500. The molecule has 0 bridgehead atoms. The van der Waals surface area contributed by atoms with Crippen molar-refractivity contribution in [1.82, 2.24) is 5.32 Å². The van der Waals surface area contributed by atoms with E-state index in [1.807, 2.05) is 6.92 Å². The van der Waals surface area contributed by atoms with Crippen LogP contribution >= 0.6 is 0 Å². The molecular weight excluding hydrogens is 260 g/mol. The highest BCUT2D eigenvalue weighted by atomic mass is 16.5. The van der Waals surface area contributed by atoms with Crippen molar-refractivity contribution in [3.63, 3.8) is 0 Å². The van der Waals surface area contributed by atoms with Crippen LogP contribution in [0.4, 0.5) is 5.69 Å². The molecule has 0 aliphatic rings. The van der Waals surface area contributed by atoms with Crippen molar-refractivity contribution in [1.29, 1.82) is 0 Å². The summed E-state index contributed by atoms with van der Waals surface area (Å²) in [7, 11) is 0. The summed E-state index contributed by atoms with van der Waals surface area (Å²) in [6, 6.07) is 4.96. The molecule has 0 spiro atoms. The van der Waals surface area contributed by atoms with E-state index >= 15 is 0 Å². The van der Waals surface area contributed by atoms with Crippen molar-refractivity contribution in [3.8, 4) is 5.75 Å². The number of hydrogen-bond acceptors (Lipinski definition) is 5. The van der Waals surface area contributed by atoms with Crippen LogP contribution in [0.5, 0.6) is 5.75 Å². The molecule has 1 aromatic rings. The molecule has 6 heteroatoms. The van der Waals surface area contributed by atoms with Gasteiger partial charge in [0.05, 0.1) is 19.8 Å². The zero-order valence-corrected chi connectivity index (χ0v) is 11.7. The number of nitrogen functional groups attached to an aromatic ring is 1.